The van der Waals surface area contributed by atoms with Gasteiger partial charge >= 0.3 is 5.97 Å². The minimum atomic E-state index is -0.758. The van der Waals surface area contributed by atoms with Crippen molar-refractivity contribution in [3.8, 4) is 0 Å². The fraction of sp³-hybridized carbons (Fsp3) is 0.231. The summed E-state index contributed by atoms with van der Waals surface area (Å²) in [5, 5.41) is 11.0. The Kier molecular flexibility index (Phi) is 2.86. The molecule has 0 radical (unpaired) electrons. The van der Waals surface area contributed by atoms with E-state index in [1.54, 1.807) is 19.3 Å². The van der Waals surface area contributed by atoms with E-state index in [-0.39, 0.29) is 5.92 Å². The Bertz CT molecular complexity index is 517. The molecule has 1 aromatic carbocycles. The lowest BCUT2D eigenvalue weighted by Gasteiger charge is -2.09. The van der Waals surface area contributed by atoms with Crippen molar-refractivity contribution >= 4 is 16.7 Å². The molecule has 1 atom stereocenters. The van der Waals surface area contributed by atoms with Crippen LogP contribution >= 0.6 is 0 Å². The molecule has 0 bridgehead atoms. The molecule has 1 N–H and O–H groups in total. The maximum absolute atomic E-state index is 10.8. The molecule has 0 saturated carbocycles. The van der Waals surface area contributed by atoms with Crippen LogP contribution in [0.25, 0.3) is 10.8 Å². The largest absolute Gasteiger partial charge is 0.481 e. The zero-order valence-corrected chi connectivity index (χ0v) is 9.05. The van der Waals surface area contributed by atoms with Gasteiger partial charge in [0.1, 0.15) is 0 Å². The fourth-order valence-corrected chi connectivity index (χ4v) is 1.78. The van der Waals surface area contributed by atoms with Crippen LogP contribution in [0, 0.1) is 5.92 Å². The van der Waals surface area contributed by atoms with Crippen molar-refractivity contribution in [1.82, 2.24) is 4.98 Å². The van der Waals surface area contributed by atoms with Gasteiger partial charge in [-0.1, -0.05) is 25.1 Å². The SMILES string of the molecule is CC(Cc1cccc2cnccc12)C(=O)O. The van der Waals surface area contributed by atoms with Crippen LogP contribution in [0.4, 0.5) is 0 Å². The van der Waals surface area contributed by atoms with Gasteiger partial charge in [0.05, 0.1) is 5.92 Å². The molecule has 0 aliphatic heterocycles. The van der Waals surface area contributed by atoms with Gasteiger partial charge < -0.3 is 5.11 Å². The zero-order valence-electron chi connectivity index (χ0n) is 9.05. The van der Waals surface area contributed by atoms with E-state index < -0.39 is 5.97 Å². The van der Waals surface area contributed by atoms with Crippen LogP contribution < -0.4 is 0 Å². The van der Waals surface area contributed by atoms with Gasteiger partial charge in [-0.2, -0.15) is 0 Å². The summed E-state index contributed by atoms with van der Waals surface area (Å²) < 4.78 is 0. The van der Waals surface area contributed by atoms with Crippen molar-refractivity contribution in [2.24, 2.45) is 5.92 Å². The second-order valence-electron chi connectivity index (χ2n) is 3.96. The number of pyridine rings is 1. The van der Waals surface area contributed by atoms with E-state index in [4.69, 9.17) is 5.11 Å². The predicted octanol–water partition coefficient (Wildman–Crippen LogP) is 2.50. The van der Waals surface area contributed by atoms with E-state index in [9.17, 15) is 4.79 Å². The highest BCUT2D eigenvalue weighted by Gasteiger charge is 2.12. The predicted molar refractivity (Wildman–Crippen MR) is 62.2 cm³/mol. The summed E-state index contributed by atoms with van der Waals surface area (Å²) in [5.74, 6) is -1.12. The van der Waals surface area contributed by atoms with E-state index in [2.05, 4.69) is 4.98 Å². The topological polar surface area (TPSA) is 50.2 Å². The number of hydrogen-bond acceptors (Lipinski definition) is 2. The quantitative estimate of drug-likeness (QED) is 0.855. The number of carbonyl (C=O) groups is 1. The highest BCUT2D eigenvalue weighted by molar-refractivity contribution is 5.85. The first-order valence-corrected chi connectivity index (χ1v) is 5.23. The summed E-state index contributed by atoms with van der Waals surface area (Å²) in [6.07, 6.45) is 4.08. The smallest absolute Gasteiger partial charge is 0.306 e. The van der Waals surface area contributed by atoms with Crippen LogP contribution in [0.3, 0.4) is 0 Å². The van der Waals surface area contributed by atoms with Gasteiger partial charge in [-0.15, -0.1) is 0 Å². The van der Waals surface area contributed by atoms with Crippen molar-refractivity contribution in [2.75, 3.05) is 0 Å². The average molecular weight is 215 g/mol. The normalized spacial score (nSPS) is 12.6. The van der Waals surface area contributed by atoms with Crippen molar-refractivity contribution in [1.29, 1.82) is 0 Å². The van der Waals surface area contributed by atoms with Crippen molar-refractivity contribution in [3.63, 3.8) is 0 Å². The van der Waals surface area contributed by atoms with Gasteiger partial charge in [0.15, 0.2) is 0 Å². The monoisotopic (exact) mass is 215 g/mol. The lowest BCUT2D eigenvalue weighted by atomic mass is 9.97. The number of benzene rings is 1. The second kappa shape index (κ2) is 4.31. The number of hydrogen-bond donors (Lipinski definition) is 1. The summed E-state index contributed by atoms with van der Waals surface area (Å²) in [7, 11) is 0. The van der Waals surface area contributed by atoms with E-state index in [0.717, 1.165) is 16.3 Å². The Morgan fingerprint density at radius 1 is 1.44 bits per heavy atom. The number of aromatic nitrogens is 1. The maximum Gasteiger partial charge on any atom is 0.306 e. The van der Waals surface area contributed by atoms with Gasteiger partial charge in [-0.25, -0.2) is 0 Å². The second-order valence-corrected chi connectivity index (χ2v) is 3.96. The maximum atomic E-state index is 10.8. The van der Waals surface area contributed by atoms with E-state index in [1.807, 2.05) is 24.3 Å². The Morgan fingerprint density at radius 2 is 2.25 bits per heavy atom. The molecule has 3 nitrogen and oxygen atoms in total. The number of carboxylic acids is 1. The van der Waals surface area contributed by atoms with Crippen LogP contribution in [-0.2, 0) is 11.2 Å². The Morgan fingerprint density at radius 3 is 3.00 bits per heavy atom. The van der Waals surface area contributed by atoms with Crippen LogP contribution in [0.2, 0.25) is 0 Å². The van der Waals surface area contributed by atoms with Crippen molar-refractivity contribution < 1.29 is 9.90 Å². The van der Waals surface area contributed by atoms with Gasteiger partial charge in [-0.05, 0) is 23.4 Å². The summed E-state index contributed by atoms with van der Waals surface area (Å²) in [5.41, 5.74) is 1.06. The van der Waals surface area contributed by atoms with E-state index >= 15 is 0 Å². The third kappa shape index (κ3) is 2.03. The highest BCUT2D eigenvalue weighted by atomic mass is 16.4. The van der Waals surface area contributed by atoms with Crippen LogP contribution in [-0.4, -0.2) is 16.1 Å². The number of aliphatic carboxylic acids is 1. The van der Waals surface area contributed by atoms with Crippen LogP contribution in [0.15, 0.2) is 36.7 Å². The molecular formula is C13H13NO2. The van der Waals surface area contributed by atoms with Crippen molar-refractivity contribution in [2.45, 2.75) is 13.3 Å². The molecule has 1 aromatic heterocycles. The standard InChI is InChI=1S/C13H13NO2/c1-9(13(15)16)7-10-3-2-4-11-8-14-6-5-12(10)11/h2-6,8-9H,7H2,1H3,(H,15,16). The number of rotatable bonds is 3. The Hall–Kier alpha value is -1.90. The molecule has 82 valence electrons. The molecule has 2 aromatic rings. The molecule has 1 heterocycles. The molecule has 1 unspecified atom stereocenters. The first-order valence-electron chi connectivity index (χ1n) is 5.23. The fourth-order valence-electron chi connectivity index (χ4n) is 1.78. The van der Waals surface area contributed by atoms with Gasteiger partial charge in [0, 0.05) is 17.8 Å². The zero-order chi connectivity index (χ0) is 11.5. The first-order chi connectivity index (χ1) is 7.68. The molecule has 0 aliphatic carbocycles. The first kappa shape index (κ1) is 10.6. The molecule has 2 rings (SSSR count). The minimum absolute atomic E-state index is 0.362. The van der Waals surface area contributed by atoms with Gasteiger partial charge in [-0.3, -0.25) is 9.78 Å². The molecule has 0 fully saturated rings. The summed E-state index contributed by atoms with van der Waals surface area (Å²) >= 11 is 0. The third-order valence-electron chi connectivity index (χ3n) is 2.72. The number of carboxylic acid groups (broad SMARTS) is 1. The minimum Gasteiger partial charge on any atom is -0.481 e. The molecule has 16 heavy (non-hydrogen) atoms. The van der Waals surface area contributed by atoms with Crippen LogP contribution in [0.5, 0.6) is 0 Å². The third-order valence-corrected chi connectivity index (χ3v) is 2.72. The molecule has 0 amide bonds. The van der Waals surface area contributed by atoms with E-state index in [1.165, 1.54) is 0 Å². The van der Waals surface area contributed by atoms with Gasteiger partial charge in [0.2, 0.25) is 0 Å². The Labute approximate surface area is 93.7 Å². The molecule has 0 saturated heterocycles. The lowest BCUT2D eigenvalue weighted by Crippen LogP contribution is -2.12. The number of fused-ring (bicyclic) bond motifs is 1. The number of nitrogens with zero attached hydrogens (tertiary/aromatic N) is 1. The average Bonchev–Trinajstić information content (AvgIpc) is 2.29. The molecular weight excluding hydrogens is 202 g/mol. The lowest BCUT2D eigenvalue weighted by molar-refractivity contribution is -0.141. The highest BCUT2D eigenvalue weighted by Crippen LogP contribution is 2.20. The summed E-state index contributed by atoms with van der Waals surface area (Å²) in [4.78, 5) is 14.9. The van der Waals surface area contributed by atoms with Crippen LogP contribution in [0.1, 0.15) is 12.5 Å². The molecule has 0 spiro atoms. The molecule has 3 heteroatoms. The summed E-state index contributed by atoms with van der Waals surface area (Å²) in [6.45, 7) is 1.72. The van der Waals surface area contributed by atoms with E-state index in [0.29, 0.717) is 6.42 Å². The summed E-state index contributed by atoms with van der Waals surface area (Å²) in [6, 6.07) is 7.83. The molecule has 0 aliphatic rings. The van der Waals surface area contributed by atoms with Crippen molar-refractivity contribution in [3.05, 3.63) is 42.2 Å². The van der Waals surface area contributed by atoms with Gasteiger partial charge in [0.25, 0.3) is 0 Å². The Balaban J connectivity index is 2.41.